The highest BCUT2D eigenvalue weighted by Gasteiger charge is 2.20. The maximum absolute atomic E-state index is 13.1. The number of hydrogen-bond donors (Lipinski definition) is 2. The minimum Gasteiger partial charge on any atom is -0.508 e. The molecule has 1 fully saturated rings. The summed E-state index contributed by atoms with van der Waals surface area (Å²) >= 11 is 5.99. The van der Waals surface area contributed by atoms with Crippen molar-refractivity contribution in [2.75, 3.05) is 13.1 Å². The number of aromatic hydroxyl groups is 1. The Morgan fingerprint density at radius 3 is 2.74 bits per heavy atom. The predicted octanol–water partition coefficient (Wildman–Crippen LogP) is 3.66. The van der Waals surface area contributed by atoms with Gasteiger partial charge in [0.15, 0.2) is 0 Å². The molecule has 0 amide bonds. The second kappa shape index (κ2) is 7.71. The lowest BCUT2D eigenvalue weighted by Crippen LogP contribution is -2.29. The summed E-state index contributed by atoms with van der Waals surface area (Å²) < 4.78 is 1.66. The minimum absolute atomic E-state index is 0.0863. The van der Waals surface area contributed by atoms with Gasteiger partial charge in [-0.2, -0.15) is 5.10 Å². The van der Waals surface area contributed by atoms with Crippen LogP contribution in [0.3, 0.4) is 0 Å². The molecule has 1 aliphatic heterocycles. The van der Waals surface area contributed by atoms with E-state index in [1.807, 2.05) is 24.3 Å². The smallest absolute Gasteiger partial charge is 0.274 e. The molecule has 1 aliphatic rings. The third kappa shape index (κ3) is 3.84. The molecule has 0 aliphatic carbocycles. The average Bonchev–Trinajstić information content (AvgIpc) is 2.95. The molecule has 4 rings (SSSR count). The van der Waals surface area contributed by atoms with E-state index in [2.05, 4.69) is 5.32 Å². The van der Waals surface area contributed by atoms with Gasteiger partial charge in [-0.05, 0) is 68.2 Å². The fourth-order valence-electron chi connectivity index (χ4n) is 3.73. The minimum atomic E-state index is -0.0863. The first-order valence-electron chi connectivity index (χ1n) is 9.31. The van der Waals surface area contributed by atoms with E-state index in [-0.39, 0.29) is 17.4 Å². The van der Waals surface area contributed by atoms with Crippen LogP contribution in [0.1, 0.15) is 36.6 Å². The van der Waals surface area contributed by atoms with Gasteiger partial charge in [0.05, 0.1) is 17.1 Å². The van der Waals surface area contributed by atoms with E-state index in [1.54, 1.807) is 22.9 Å². The van der Waals surface area contributed by atoms with Crippen molar-refractivity contribution in [1.82, 2.24) is 15.1 Å². The summed E-state index contributed by atoms with van der Waals surface area (Å²) in [6.45, 7) is 1.86. The fourth-order valence-corrected chi connectivity index (χ4v) is 3.86. The van der Waals surface area contributed by atoms with E-state index in [4.69, 9.17) is 16.7 Å². The molecule has 5 nitrogen and oxygen atoms in total. The van der Waals surface area contributed by atoms with Crippen LogP contribution < -0.4 is 10.9 Å². The molecule has 2 heterocycles. The Hall–Kier alpha value is -2.37. The van der Waals surface area contributed by atoms with Gasteiger partial charge in [0.2, 0.25) is 0 Å². The number of nitrogens with zero attached hydrogens (tertiary/aromatic N) is 2. The fraction of sp³-hybridized carbons (Fsp3) is 0.333. The molecule has 1 aromatic heterocycles. The molecule has 140 valence electrons. The quantitative estimate of drug-likeness (QED) is 0.724. The SMILES string of the molecule is O=c1c2ccc(O)cc2c(Cc2ccc(Cl)cc2)nn1C1CCCNCC1. The zero-order valence-corrected chi connectivity index (χ0v) is 15.7. The van der Waals surface area contributed by atoms with Crippen LogP contribution in [0.4, 0.5) is 0 Å². The van der Waals surface area contributed by atoms with Crippen LogP contribution in [0.5, 0.6) is 5.75 Å². The monoisotopic (exact) mass is 383 g/mol. The number of aromatic nitrogens is 2. The standard InChI is InChI=1S/C21H22ClN3O2/c22-15-5-3-14(4-6-15)12-20-19-13-17(26)7-8-18(19)21(27)25(24-20)16-2-1-10-23-11-9-16/h3-8,13,16,23,26H,1-2,9-12H2. The molecule has 1 saturated heterocycles. The van der Waals surface area contributed by atoms with Gasteiger partial charge in [0.1, 0.15) is 5.75 Å². The van der Waals surface area contributed by atoms with Gasteiger partial charge in [-0.3, -0.25) is 4.79 Å². The Labute approximate surface area is 162 Å². The molecular weight excluding hydrogens is 362 g/mol. The van der Waals surface area contributed by atoms with E-state index in [0.29, 0.717) is 22.2 Å². The average molecular weight is 384 g/mol. The molecule has 27 heavy (non-hydrogen) atoms. The second-order valence-electron chi connectivity index (χ2n) is 7.06. The normalized spacial score (nSPS) is 17.7. The lowest BCUT2D eigenvalue weighted by atomic mass is 10.0. The number of phenols is 1. The van der Waals surface area contributed by atoms with Crippen LogP contribution in [0, 0.1) is 0 Å². The van der Waals surface area contributed by atoms with E-state index in [9.17, 15) is 9.90 Å². The van der Waals surface area contributed by atoms with E-state index in [0.717, 1.165) is 43.6 Å². The largest absolute Gasteiger partial charge is 0.508 e. The number of hydrogen-bond acceptors (Lipinski definition) is 4. The van der Waals surface area contributed by atoms with Gasteiger partial charge in [0, 0.05) is 16.8 Å². The van der Waals surface area contributed by atoms with Crippen molar-refractivity contribution in [2.24, 2.45) is 0 Å². The molecular formula is C21H22ClN3O2. The zero-order chi connectivity index (χ0) is 18.8. The van der Waals surface area contributed by atoms with Crippen molar-refractivity contribution >= 4 is 22.4 Å². The Bertz CT molecular complexity index is 1010. The van der Waals surface area contributed by atoms with Crippen LogP contribution in [-0.2, 0) is 6.42 Å². The van der Waals surface area contributed by atoms with Crippen molar-refractivity contribution in [3.8, 4) is 5.75 Å². The summed E-state index contributed by atoms with van der Waals surface area (Å²) in [6, 6.07) is 12.6. The zero-order valence-electron chi connectivity index (χ0n) is 15.0. The molecule has 1 atom stereocenters. The Morgan fingerprint density at radius 1 is 1.11 bits per heavy atom. The van der Waals surface area contributed by atoms with Crippen molar-refractivity contribution in [1.29, 1.82) is 0 Å². The van der Waals surface area contributed by atoms with Crippen LogP contribution in [0.25, 0.3) is 10.8 Å². The number of rotatable bonds is 3. The van der Waals surface area contributed by atoms with E-state index in [1.165, 1.54) is 0 Å². The maximum atomic E-state index is 13.1. The number of phenolic OH excluding ortho intramolecular Hbond substituents is 1. The van der Waals surface area contributed by atoms with Crippen molar-refractivity contribution in [3.05, 3.63) is 69.1 Å². The van der Waals surface area contributed by atoms with Crippen molar-refractivity contribution < 1.29 is 5.11 Å². The van der Waals surface area contributed by atoms with E-state index < -0.39 is 0 Å². The number of fused-ring (bicyclic) bond motifs is 1. The first kappa shape index (κ1) is 18.0. The summed E-state index contributed by atoms with van der Waals surface area (Å²) in [5, 5.41) is 20.1. The van der Waals surface area contributed by atoms with Crippen LogP contribution >= 0.6 is 11.6 Å². The number of benzene rings is 2. The van der Waals surface area contributed by atoms with Gasteiger partial charge >= 0.3 is 0 Å². The van der Waals surface area contributed by atoms with Gasteiger partial charge < -0.3 is 10.4 Å². The van der Waals surface area contributed by atoms with Gasteiger partial charge in [-0.25, -0.2) is 4.68 Å². The lowest BCUT2D eigenvalue weighted by molar-refractivity contribution is 0.395. The van der Waals surface area contributed by atoms with E-state index >= 15 is 0 Å². The predicted molar refractivity (Wildman–Crippen MR) is 108 cm³/mol. The molecule has 2 N–H and O–H groups in total. The molecule has 1 unspecified atom stereocenters. The Morgan fingerprint density at radius 2 is 1.93 bits per heavy atom. The third-order valence-corrected chi connectivity index (χ3v) is 5.41. The summed E-state index contributed by atoms with van der Waals surface area (Å²) in [4.78, 5) is 13.1. The van der Waals surface area contributed by atoms with Crippen molar-refractivity contribution in [3.63, 3.8) is 0 Å². The van der Waals surface area contributed by atoms with Crippen molar-refractivity contribution in [2.45, 2.75) is 31.7 Å². The molecule has 6 heteroatoms. The Balaban J connectivity index is 1.84. The molecule has 2 aromatic carbocycles. The van der Waals surface area contributed by atoms with Crippen LogP contribution in [0.2, 0.25) is 5.02 Å². The molecule has 0 radical (unpaired) electrons. The van der Waals surface area contributed by atoms with Gasteiger partial charge in [-0.15, -0.1) is 0 Å². The van der Waals surface area contributed by atoms with Gasteiger partial charge in [0.25, 0.3) is 5.56 Å². The topological polar surface area (TPSA) is 67.1 Å². The Kier molecular flexibility index (Phi) is 5.14. The summed E-state index contributed by atoms with van der Waals surface area (Å²) in [5.74, 6) is 0.137. The van der Waals surface area contributed by atoms with Crippen LogP contribution in [-0.4, -0.2) is 28.0 Å². The summed E-state index contributed by atoms with van der Waals surface area (Å²) in [6.07, 6.45) is 3.42. The highest BCUT2D eigenvalue weighted by atomic mass is 35.5. The highest BCUT2D eigenvalue weighted by molar-refractivity contribution is 6.30. The molecule has 3 aromatic rings. The molecule has 0 spiro atoms. The highest BCUT2D eigenvalue weighted by Crippen LogP contribution is 2.25. The summed E-state index contributed by atoms with van der Waals surface area (Å²) in [7, 11) is 0. The maximum Gasteiger partial charge on any atom is 0.274 e. The van der Waals surface area contributed by atoms with Gasteiger partial charge in [-0.1, -0.05) is 23.7 Å². The lowest BCUT2D eigenvalue weighted by Gasteiger charge is -2.19. The number of nitrogens with one attached hydrogen (secondary N) is 1. The first-order valence-corrected chi connectivity index (χ1v) is 9.69. The first-order chi connectivity index (χ1) is 13.1. The summed E-state index contributed by atoms with van der Waals surface area (Å²) in [5.41, 5.74) is 1.76. The molecule has 0 bridgehead atoms. The van der Waals surface area contributed by atoms with Crippen LogP contribution in [0.15, 0.2) is 47.3 Å². The molecule has 0 saturated carbocycles. The number of halogens is 1. The third-order valence-electron chi connectivity index (χ3n) is 5.16. The second-order valence-corrected chi connectivity index (χ2v) is 7.50.